The molecule has 2 aromatic carbocycles. The second-order valence-electron chi connectivity index (χ2n) is 7.35. The van der Waals surface area contributed by atoms with Gasteiger partial charge in [-0.1, -0.05) is 42.5 Å². The van der Waals surface area contributed by atoms with Crippen LogP contribution >= 0.6 is 0 Å². The van der Waals surface area contributed by atoms with Crippen molar-refractivity contribution >= 4 is 17.6 Å². The van der Waals surface area contributed by atoms with E-state index in [1.165, 1.54) is 0 Å². The van der Waals surface area contributed by atoms with Crippen molar-refractivity contribution in [2.24, 2.45) is 11.7 Å². The maximum absolute atomic E-state index is 12.6. The summed E-state index contributed by atoms with van der Waals surface area (Å²) in [6.45, 7) is 3.45. The molecular formula is C22H28N4O2. The van der Waals surface area contributed by atoms with Gasteiger partial charge in [-0.3, -0.25) is 4.79 Å². The summed E-state index contributed by atoms with van der Waals surface area (Å²) < 4.78 is 0. The van der Waals surface area contributed by atoms with Gasteiger partial charge in [-0.05, 0) is 43.0 Å². The summed E-state index contributed by atoms with van der Waals surface area (Å²) in [5.41, 5.74) is 9.00. The molecular weight excluding hydrogens is 352 g/mol. The topological polar surface area (TPSA) is 87.5 Å². The lowest BCUT2D eigenvalue weighted by atomic mass is 9.97. The van der Waals surface area contributed by atoms with Crippen molar-refractivity contribution in [2.45, 2.75) is 25.8 Å². The summed E-state index contributed by atoms with van der Waals surface area (Å²) >= 11 is 0. The molecule has 1 saturated heterocycles. The number of nitrogens with two attached hydrogens (primary N) is 1. The lowest BCUT2D eigenvalue weighted by Crippen LogP contribution is -2.47. The quantitative estimate of drug-likeness (QED) is 0.745. The van der Waals surface area contributed by atoms with E-state index in [9.17, 15) is 9.59 Å². The van der Waals surface area contributed by atoms with Crippen LogP contribution in [-0.4, -0.2) is 36.5 Å². The Bertz CT molecular complexity index is 809. The van der Waals surface area contributed by atoms with Gasteiger partial charge in [0.05, 0.1) is 5.92 Å². The molecule has 28 heavy (non-hydrogen) atoms. The normalized spacial score (nSPS) is 17.6. The van der Waals surface area contributed by atoms with Crippen molar-refractivity contribution < 1.29 is 9.59 Å². The summed E-state index contributed by atoms with van der Waals surface area (Å²) in [5, 5.41) is 5.86. The van der Waals surface area contributed by atoms with Gasteiger partial charge in [0.15, 0.2) is 0 Å². The number of urea groups is 1. The first-order valence-electron chi connectivity index (χ1n) is 9.74. The Balaban J connectivity index is 1.51. The number of aryl methyl sites for hydroxylation is 1. The number of rotatable bonds is 5. The molecule has 6 heteroatoms. The lowest BCUT2D eigenvalue weighted by Gasteiger charge is -2.32. The number of amides is 3. The lowest BCUT2D eigenvalue weighted by molar-refractivity contribution is -0.126. The highest BCUT2D eigenvalue weighted by Crippen LogP contribution is 2.19. The van der Waals surface area contributed by atoms with Crippen molar-refractivity contribution in [3.63, 3.8) is 0 Å². The fourth-order valence-electron chi connectivity index (χ4n) is 3.47. The predicted molar refractivity (Wildman–Crippen MR) is 111 cm³/mol. The summed E-state index contributed by atoms with van der Waals surface area (Å²) in [7, 11) is 0. The average molecular weight is 380 g/mol. The van der Waals surface area contributed by atoms with E-state index in [4.69, 9.17) is 5.73 Å². The third-order valence-electron chi connectivity index (χ3n) is 5.07. The SMILES string of the molecule is Cc1cccc(NC(=O)N2CCCC(C(=O)NCC(N)c3ccccc3)C2)c1. The van der Waals surface area contributed by atoms with Crippen molar-refractivity contribution in [3.8, 4) is 0 Å². The van der Waals surface area contributed by atoms with Gasteiger partial charge in [-0.2, -0.15) is 0 Å². The zero-order chi connectivity index (χ0) is 19.9. The molecule has 2 aromatic rings. The van der Waals surface area contributed by atoms with E-state index in [0.717, 1.165) is 29.7 Å². The number of likely N-dealkylation sites (tertiary alicyclic amines) is 1. The number of hydrogen-bond acceptors (Lipinski definition) is 3. The summed E-state index contributed by atoms with van der Waals surface area (Å²) in [4.78, 5) is 26.9. The van der Waals surface area contributed by atoms with Crippen LogP contribution in [-0.2, 0) is 4.79 Å². The van der Waals surface area contributed by atoms with E-state index in [0.29, 0.717) is 19.6 Å². The molecule has 0 aliphatic carbocycles. The minimum Gasteiger partial charge on any atom is -0.354 e. The van der Waals surface area contributed by atoms with E-state index in [2.05, 4.69) is 10.6 Å². The molecule has 0 radical (unpaired) electrons. The number of hydrogen-bond donors (Lipinski definition) is 3. The second kappa shape index (κ2) is 9.37. The Morgan fingerprint density at radius 1 is 1.18 bits per heavy atom. The summed E-state index contributed by atoms with van der Waals surface area (Å²) in [6.07, 6.45) is 1.59. The van der Waals surface area contributed by atoms with Crippen LogP contribution in [0.4, 0.5) is 10.5 Å². The zero-order valence-electron chi connectivity index (χ0n) is 16.2. The van der Waals surface area contributed by atoms with Crippen molar-refractivity contribution in [1.29, 1.82) is 0 Å². The van der Waals surface area contributed by atoms with E-state index in [1.54, 1.807) is 4.90 Å². The Labute approximate surface area is 166 Å². The first-order valence-corrected chi connectivity index (χ1v) is 9.74. The van der Waals surface area contributed by atoms with Crippen molar-refractivity contribution in [2.75, 3.05) is 25.0 Å². The summed E-state index contributed by atoms with van der Waals surface area (Å²) in [6, 6.07) is 17.0. The van der Waals surface area contributed by atoms with Gasteiger partial charge in [0.1, 0.15) is 0 Å². The first kappa shape index (κ1) is 19.9. The van der Waals surface area contributed by atoms with Crippen LogP contribution in [0.15, 0.2) is 54.6 Å². The largest absolute Gasteiger partial charge is 0.354 e. The van der Waals surface area contributed by atoms with E-state index < -0.39 is 0 Å². The fraction of sp³-hybridized carbons (Fsp3) is 0.364. The third kappa shape index (κ3) is 5.33. The molecule has 6 nitrogen and oxygen atoms in total. The first-order chi connectivity index (χ1) is 13.5. The van der Waals surface area contributed by atoms with Crippen molar-refractivity contribution in [3.05, 3.63) is 65.7 Å². The van der Waals surface area contributed by atoms with Crippen LogP contribution in [0, 0.1) is 12.8 Å². The van der Waals surface area contributed by atoms with Gasteiger partial charge in [0.25, 0.3) is 0 Å². The number of nitrogens with one attached hydrogen (secondary N) is 2. The van der Waals surface area contributed by atoms with Crippen LogP contribution in [0.3, 0.4) is 0 Å². The Kier molecular flexibility index (Phi) is 6.66. The monoisotopic (exact) mass is 380 g/mol. The number of anilines is 1. The molecule has 1 aliphatic heterocycles. The average Bonchev–Trinajstić information content (AvgIpc) is 2.72. The van der Waals surface area contributed by atoms with Crippen LogP contribution in [0.5, 0.6) is 0 Å². The van der Waals surface area contributed by atoms with Gasteiger partial charge < -0.3 is 21.3 Å². The molecule has 1 fully saturated rings. The van der Waals surface area contributed by atoms with E-state index in [1.807, 2.05) is 61.5 Å². The minimum atomic E-state index is -0.241. The molecule has 0 spiro atoms. The second-order valence-corrected chi connectivity index (χ2v) is 7.35. The van der Waals surface area contributed by atoms with Crippen LogP contribution < -0.4 is 16.4 Å². The molecule has 3 amide bonds. The molecule has 2 unspecified atom stereocenters. The Hall–Kier alpha value is -2.86. The number of benzene rings is 2. The molecule has 0 bridgehead atoms. The number of nitrogens with zero attached hydrogens (tertiary/aromatic N) is 1. The third-order valence-corrected chi connectivity index (χ3v) is 5.07. The van der Waals surface area contributed by atoms with Gasteiger partial charge in [-0.25, -0.2) is 4.79 Å². The summed E-state index contributed by atoms with van der Waals surface area (Å²) in [5.74, 6) is -0.251. The van der Waals surface area contributed by atoms with E-state index in [-0.39, 0.29) is 23.9 Å². The van der Waals surface area contributed by atoms with Gasteiger partial charge in [-0.15, -0.1) is 0 Å². The highest BCUT2D eigenvalue weighted by molar-refractivity contribution is 5.90. The molecule has 148 valence electrons. The number of piperidine rings is 1. The molecule has 1 aliphatic rings. The van der Waals surface area contributed by atoms with Crippen LogP contribution in [0.2, 0.25) is 0 Å². The standard InChI is InChI=1S/C22H28N4O2/c1-16-7-5-11-19(13-16)25-22(28)26-12-6-10-18(15-26)21(27)24-14-20(23)17-8-3-2-4-9-17/h2-5,7-9,11,13,18,20H,6,10,12,14-15,23H2,1H3,(H,24,27)(H,25,28). The van der Waals surface area contributed by atoms with Gasteiger partial charge >= 0.3 is 6.03 Å². The molecule has 4 N–H and O–H groups in total. The smallest absolute Gasteiger partial charge is 0.321 e. The molecule has 3 rings (SSSR count). The van der Waals surface area contributed by atoms with Crippen LogP contribution in [0.1, 0.15) is 30.0 Å². The highest BCUT2D eigenvalue weighted by atomic mass is 16.2. The Morgan fingerprint density at radius 3 is 2.71 bits per heavy atom. The van der Waals surface area contributed by atoms with Crippen molar-refractivity contribution in [1.82, 2.24) is 10.2 Å². The maximum atomic E-state index is 12.6. The number of carbonyl (C=O) groups excluding carboxylic acids is 2. The van der Waals surface area contributed by atoms with Gasteiger partial charge in [0.2, 0.25) is 5.91 Å². The minimum absolute atomic E-state index is 0.0422. The Morgan fingerprint density at radius 2 is 1.96 bits per heavy atom. The molecule has 0 saturated carbocycles. The number of carbonyl (C=O) groups is 2. The highest BCUT2D eigenvalue weighted by Gasteiger charge is 2.28. The van der Waals surface area contributed by atoms with Gasteiger partial charge in [0, 0.05) is 31.4 Å². The van der Waals surface area contributed by atoms with Crippen LogP contribution in [0.25, 0.3) is 0 Å². The fourth-order valence-corrected chi connectivity index (χ4v) is 3.47. The molecule has 2 atom stereocenters. The molecule has 1 heterocycles. The maximum Gasteiger partial charge on any atom is 0.321 e. The van der Waals surface area contributed by atoms with E-state index >= 15 is 0 Å². The zero-order valence-corrected chi connectivity index (χ0v) is 16.2. The predicted octanol–water partition coefficient (Wildman–Crippen LogP) is 3.06. The molecule has 0 aromatic heterocycles.